The average Bonchev–Trinajstić information content (AvgIpc) is 3.55. The molecule has 0 bridgehead atoms. The van der Waals surface area contributed by atoms with Crippen LogP contribution in [0.1, 0.15) is 24.7 Å². The topological polar surface area (TPSA) is 97.0 Å². The predicted octanol–water partition coefficient (Wildman–Crippen LogP) is 3.51. The van der Waals surface area contributed by atoms with Crippen LogP contribution in [0.2, 0.25) is 0 Å². The molecule has 34 heavy (non-hydrogen) atoms. The fraction of sp³-hybridized carbons (Fsp3) is 0.400. The zero-order valence-electron chi connectivity index (χ0n) is 19.1. The number of aromatic nitrogens is 5. The van der Waals surface area contributed by atoms with E-state index in [4.69, 9.17) is 4.98 Å². The number of rotatable bonds is 5. The van der Waals surface area contributed by atoms with Crippen molar-refractivity contribution in [2.45, 2.75) is 38.5 Å². The number of alkyl halides is 1. The third-order valence-corrected chi connectivity index (χ3v) is 7.11. The zero-order valence-corrected chi connectivity index (χ0v) is 19.1. The van der Waals surface area contributed by atoms with E-state index in [2.05, 4.69) is 49.3 Å². The van der Waals surface area contributed by atoms with Gasteiger partial charge >= 0.3 is 0 Å². The summed E-state index contributed by atoms with van der Waals surface area (Å²) in [5.74, 6) is 1.64. The molecule has 0 saturated carbocycles. The molecule has 0 radical (unpaired) electrons. The van der Waals surface area contributed by atoms with E-state index < -0.39 is 6.17 Å². The molecule has 9 heteroatoms. The molecule has 2 aromatic carbocycles. The smallest absolute Gasteiger partial charge is 0.202 e. The van der Waals surface area contributed by atoms with Gasteiger partial charge in [-0.15, -0.1) is 0 Å². The van der Waals surface area contributed by atoms with E-state index >= 15 is 0 Å². The lowest BCUT2D eigenvalue weighted by Crippen LogP contribution is -2.49. The summed E-state index contributed by atoms with van der Waals surface area (Å²) >= 11 is 0. The number of hydrogen-bond donors (Lipinski definition) is 3. The van der Waals surface area contributed by atoms with E-state index in [9.17, 15) is 9.50 Å². The summed E-state index contributed by atoms with van der Waals surface area (Å²) < 4.78 is 13.7. The highest BCUT2D eigenvalue weighted by molar-refractivity contribution is 5.94. The number of benzene rings is 2. The number of hydrogen-bond acceptors (Lipinski definition) is 6. The quantitative estimate of drug-likeness (QED) is 0.421. The van der Waals surface area contributed by atoms with Crippen LogP contribution in [0.15, 0.2) is 36.4 Å². The second-order valence-electron chi connectivity index (χ2n) is 9.35. The zero-order chi connectivity index (χ0) is 23.2. The first-order valence-corrected chi connectivity index (χ1v) is 11.9. The Morgan fingerprint density at radius 1 is 1.09 bits per heavy atom. The van der Waals surface area contributed by atoms with Crippen LogP contribution >= 0.6 is 0 Å². The van der Waals surface area contributed by atoms with Gasteiger partial charge in [-0.05, 0) is 53.8 Å². The largest absolute Gasteiger partial charge is 0.508 e. The predicted molar refractivity (Wildman–Crippen MR) is 128 cm³/mol. The lowest BCUT2D eigenvalue weighted by molar-refractivity contribution is 0.0969. The van der Waals surface area contributed by atoms with Gasteiger partial charge in [0.15, 0.2) is 0 Å². The van der Waals surface area contributed by atoms with Gasteiger partial charge in [0.1, 0.15) is 23.4 Å². The van der Waals surface area contributed by atoms with Gasteiger partial charge in [0.25, 0.3) is 0 Å². The molecule has 2 aromatic heterocycles. The number of phenolic OH excluding ortho intramolecular Hbond substituents is 1. The summed E-state index contributed by atoms with van der Waals surface area (Å²) in [5, 5.41) is 25.9. The maximum absolute atomic E-state index is 13.7. The standard InChI is InChI=1S/C25H28FN7O/c1-2-15-9-19(34)4-6-20(15)16-3-5-21-22(10-16)28-30-24(21)25-27-23(29-31-25)14-32-7-8-33-12-17(26)11-18(33)13-32/h3-6,9-10,17-18,34H,2,7-8,11-14H2,1H3,(H,28,30)(H,27,29,31)/t17-,18-/m0/s1. The molecule has 176 valence electrons. The number of nitrogens with one attached hydrogen (secondary N) is 2. The summed E-state index contributed by atoms with van der Waals surface area (Å²) in [4.78, 5) is 9.29. The van der Waals surface area contributed by atoms with E-state index in [1.54, 1.807) is 6.07 Å². The number of piperazine rings is 1. The molecule has 2 saturated heterocycles. The lowest BCUT2D eigenvalue weighted by atomic mass is 9.97. The van der Waals surface area contributed by atoms with Crippen LogP contribution in [-0.2, 0) is 13.0 Å². The molecular weight excluding hydrogens is 433 g/mol. The number of nitrogens with zero attached hydrogens (tertiary/aromatic N) is 5. The number of aromatic amines is 2. The Morgan fingerprint density at radius 3 is 2.88 bits per heavy atom. The van der Waals surface area contributed by atoms with Crippen LogP contribution in [0.25, 0.3) is 33.5 Å². The third kappa shape index (κ3) is 3.84. The van der Waals surface area contributed by atoms with Crippen LogP contribution in [0, 0.1) is 0 Å². The van der Waals surface area contributed by atoms with Crippen LogP contribution < -0.4 is 0 Å². The Balaban J connectivity index is 1.22. The fourth-order valence-corrected chi connectivity index (χ4v) is 5.38. The Kier molecular flexibility index (Phi) is 5.30. The number of aromatic hydroxyl groups is 1. The molecular formula is C25H28FN7O. The van der Waals surface area contributed by atoms with Crippen molar-refractivity contribution in [3.63, 3.8) is 0 Å². The van der Waals surface area contributed by atoms with Gasteiger partial charge < -0.3 is 5.11 Å². The number of halogens is 1. The molecule has 4 aromatic rings. The molecule has 0 amide bonds. The molecule has 0 spiro atoms. The van der Waals surface area contributed by atoms with Crippen molar-refractivity contribution in [1.29, 1.82) is 0 Å². The maximum atomic E-state index is 13.7. The molecule has 2 atom stereocenters. The highest BCUT2D eigenvalue weighted by Gasteiger charge is 2.36. The summed E-state index contributed by atoms with van der Waals surface area (Å²) in [7, 11) is 0. The van der Waals surface area contributed by atoms with Gasteiger partial charge in [-0.1, -0.05) is 19.1 Å². The molecule has 3 N–H and O–H groups in total. The summed E-state index contributed by atoms with van der Waals surface area (Å²) in [5.41, 5.74) is 4.88. The van der Waals surface area contributed by atoms with Crippen molar-refractivity contribution in [3.05, 3.63) is 47.8 Å². The molecule has 6 rings (SSSR count). The molecule has 2 fully saturated rings. The SMILES string of the molecule is CCc1cc(O)ccc1-c1ccc2c(-c3n[nH]c(CN4CCN5C[C@@H](F)C[C@H]5C4)n3)n[nH]c2c1. The first-order chi connectivity index (χ1) is 16.6. The van der Waals surface area contributed by atoms with Gasteiger partial charge in [0.2, 0.25) is 5.82 Å². The number of fused-ring (bicyclic) bond motifs is 2. The van der Waals surface area contributed by atoms with Crippen LogP contribution in [0.4, 0.5) is 4.39 Å². The van der Waals surface area contributed by atoms with E-state index in [-0.39, 0.29) is 5.75 Å². The molecule has 8 nitrogen and oxygen atoms in total. The van der Waals surface area contributed by atoms with Gasteiger partial charge in [0, 0.05) is 37.6 Å². The third-order valence-electron chi connectivity index (χ3n) is 7.11. The first-order valence-electron chi connectivity index (χ1n) is 11.9. The molecule has 2 aliphatic rings. The van der Waals surface area contributed by atoms with Crippen LogP contribution in [0.3, 0.4) is 0 Å². The first kappa shape index (κ1) is 21.2. The van der Waals surface area contributed by atoms with Crippen molar-refractivity contribution in [2.24, 2.45) is 0 Å². The van der Waals surface area contributed by atoms with Crippen molar-refractivity contribution in [1.82, 2.24) is 35.2 Å². The fourth-order valence-electron chi connectivity index (χ4n) is 5.38. The number of phenols is 1. The van der Waals surface area contributed by atoms with Crippen LogP contribution in [-0.4, -0.2) is 78.7 Å². The minimum atomic E-state index is -0.696. The number of aryl methyl sites for hydroxylation is 1. The molecule has 2 aliphatic heterocycles. The number of H-pyrrole nitrogens is 2. The van der Waals surface area contributed by atoms with Gasteiger partial charge in [-0.3, -0.25) is 20.0 Å². The van der Waals surface area contributed by atoms with Gasteiger partial charge in [-0.25, -0.2) is 9.37 Å². The van der Waals surface area contributed by atoms with Crippen LogP contribution in [0.5, 0.6) is 5.75 Å². The van der Waals surface area contributed by atoms with E-state index in [0.29, 0.717) is 37.1 Å². The maximum Gasteiger partial charge on any atom is 0.202 e. The second-order valence-corrected chi connectivity index (χ2v) is 9.35. The van der Waals surface area contributed by atoms with Crippen molar-refractivity contribution in [2.75, 3.05) is 26.2 Å². The summed E-state index contributed by atoms with van der Waals surface area (Å²) in [6.07, 6.45) is 0.765. The Hall–Kier alpha value is -3.30. The van der Waals surface area contributed by atoms with Crippen molar-refractivity contribution < 1.29 is 9.50 Å². The normalized spacial score (nSPS) is 21.4. The second kappa shape index (κ2) is 8.48. The highest BCUT2D eigenvalue weighted by atomic mass is 19.1. The Morgan fingerprint density at radius 2 is 2.00 bits per heavy atom. The minimum Gasteiger partial charge on any atom is -0.508 e. The highest BCUT2D eigenvalue weighted by Crippen LogP contribution is 2.32. The Labute approximate surface area is 196 Å². The van der Waals surface area contributed by atoms with E-state index in [1.807, 2.05) is 18.2 Å². The average molecular weight is 462 g/mol. The lowest BCUT2D eigenvalue weighted by Gasteiger charge is -2.36. The van der Waals surface area contributed by atoms with E-state index in [1.165, 1.54) is 0 Å². The molecule has 4 heterocycles. The Bertz CT molecular complexity index is 1330. The molecule has 0 aliphatic carbocycles. The minimum absolute atomic E-state index is 0.280. The summed E-state index contributed by atoms with van der Waals surface area (Å²) in [6, 6.07) is 12.0. The van der Waals surface area contributed by atoms with Crippen molar-refractivity contribution >= 4 is 10.9 Å². The van der Waals surface area contributed by atoms with Crippen molar-refractivity contribution in [3.8, 4) is 28.4 Å². The van der Waals surface area contributed by atoms with Gasteiger partial charge in [0.05, 0.1) is 12.1 Å². The van der Waals surface area contributed by atoms with Gasteiger partial charge in [-0.2, -0.15) is 10.2 Å². The monoisotopic (exact) mass is 461 g/mol. The van der Waals surface area contributed by atoms with E-state index in [0.717, 1.165) is 59.5 Å². The summed E-state index contributed by atoms with van der Waals surface area (Å²) in [6.45, 7) is 6.00. The molecule has 0 unspecified atom stereocenters.